The first-order valence-corrected chi connectivity index (χ1v) is 7.60. The Bertz CT molecular complexity index is 986. The van der Waals surface area contributed by atoms with Gasteiger partial charge in [0.1, 0.15) is 5.82 Å². The topological polar surface area (TPSA) is 97.4 Å². The maximum atomic E-state index is 5.98. The van der Waals surface area contributed by atoms with Crippen molar-refractivity contribution in [2.24, 2.45) is 7.05 Å². The number of nitrogens with zero attached hydrogens (tertiary/aromatic N) is 4. The van der Waals surface area contributed by atoms with Crippen LogP contribution >= 0.6 is 0 Å². The molecule has 0 atom stereocenters. The first-order valence-electron chi connectivity index (χ1n) is 7.60. The maximum absolute atomic E-state index is 5.98. The van der Waals surface area contributed by atoms with E-state index in [4.69, 9.17) is 5.73 Å². The van der Waals surface area contributed by atoms with Gasteiger partial charge in [-0.05, 0) is 12.1 Å². The van der Waals surface area contributed by atoms with Crippen LogP contribution in [0.2, 0.25) is 0 Å². The number of aromatic amines is 1. The highest BCUT2D eigenvalue weighted by Gasteiger charge is 2.08. The zero-order valence-corrected chi connectivity index (χ0v) is 13.2. The molecule has 1 aromatic carbocycles. The number of nitrogens with one attached hydrogen (secondary N) is 2. The van der Waals surface area contributed by atoms with Crippen LogP contribution in [0.25, 0.3) is 22.2 Å². The third-order valence-electron chi connectivity index (χ3n) is 3.86. The third-order valence-corrected chi connectivity index (χ3v) is 3.86. The molecule has 7 heteroatoms. The number of hydrogen-bond donors (Lipinski definition) is 3. The summed E-state index contributed by atoms with van der Waals surface area (Å²) in [6, 6.07) is 9.86. The van der Waals surface area contributed by atoms with Crippen LogP contribution in [0.3, 0.4) is 0 Å². The van der Waals surface area contributed by atoms with Gasteiger partial charge in [0.05, 0.1) is 29.8 Å². The molecule has 0 saturated heterocycles. The lowest BCUT2D eigenvalue weighted by molar-refractivity contribution is 0.912. The number of pyridine rings is 1. The summed E-state index contributed by atoms with van der Waals surface area (Å²) in [7, 11) is 1.95. The zero-order valence-electron chi connectivity index (χ0n) is 13.2. The zero-order chi connectivity index (χ0) is 16.5. The van der Waals surface area contributed by atoms with Gasteiger partial charge in [-0.1, -0.05) is 12.1 Å². The normalized spacial score (nSPS) is 11.0. The second kappa shape index (κ2) is 5.69. The summed E-state index contributed by atoms with van der Waals surface area (Å²) in [6.45, 7) is 0.627. The molecule has 0 spiro atoms. The molecule has 0 amide bonds. The fourth-order valence-corrected chi connectivity index (χ4v) is 2.72. The summed E-state index contributed by atoms with van der Waals surface area (Å²) in [5.74, 6) is 0.479. The van der Waals surface area contributed by atoms with E-state index in [1.165, 1.54) is 0 Å². The van der Waals surface area contributed by atoms with Gasteiger partial charge in [-0.2, -0.15) is 5.10 Å². The molecule has 4 N–H and O–H groups in total. The minimum absolute atomic E-state index is 0.479. The number of aryl methyl sites for hydroxylation is 1. The Morgan fingerprint density at radius 2 is 2.17 bits per heavy atom. The van der Waals surface area contributed by atoms with Gasteiger partial charge >= 0.3 is 0 Å². The number of aromatic nitrogens is 5. The molecule has 120 valence electrons. The van der Waals surface area contributed by atoms with Crippen LogP contribution < -0.4 is 11.1 Å². The predicted molar refractivity (Wildman–Crippen MR) is 94.3 cm³/mol. The number of H-pyrrole nitrogens is 1. The van der Waals surface area contributed by atoms with E-state index in [2.05, 4.69) is 25.5 Å². The van der Waals surface area contributed by atoms with Gasteiger partial charge in [0.25, 0.3) is 0 Å². The molecule has 0 bridgehead atoms. The SMILES string of the molecule is Cn1cnc(CNc2cc(N)nc3cc(-c4ccn[nH]4)ccc23)c1. The summed E-state index contributed by atoms with van der Waals surface area (Å²) >= 11 is 0. The van der Waals surface area contributed by atoms with Crippen LogP contribution in [0.4, 0.5) is 11.5 Å². The molecular formula is C17H17N7. The quantitative estimate of drug-likeness (QED) is 0.537. The van der Waals surface area contributed by atoms with Crippen molar-refractivity contribution in [2.45, 2.75) is 6.54 Å². The van der Waals surface area contributed by atoms with E-state index in [0.29, 0.717) is 12.4 Å². The van der Waals surface area contributed by atoms with E-state index in [1.807, 2.05) is 48.1 Å². The number of rotatable bonds is 4. The van der Waals surface area contributed by atoms with Crippen LogP contribution in [0.1, 0.15) is 5.69 Å². The average molecular weight is 319 g/mol. The summed E-state index contributed by atoms with van der Waals surface area (Å²) in [5.41, 5.74) is 10.7. The number of hydrogen-bond acceptors (Lipinski definition) is 5. The molecule has 24 heavy (non-hydrogen) atoms. The van der Waals surface area contributed by atoms with Gasteiger partial charge in [-0.25, -0.2) is 9.97 Å². The molecule has 0 radical (unpaired) electrons. The van der Waals surface area contributed by atoms with E-state index >= 15 is 0 Å². The lowest BCUT2D eigenvalue weighted by atomic mass is 10.1. The first-order chi connectivity index (χ1) is 11.7. The van der Waals surface area contributed by atoms with Crippen molar-refractivity contribution in [3.05, 3.63) is 54.7 Å². The second-order valence-electron chi connectivity index (χ2n) is 5.68. The van der Waals surface area contributed by atoms with Gasteiger partial charge in [-0.15, -0.1) is 0 Å². The molecule has 0 aliphatic heterocycles. The number of benzene rings is 1. The minimum atomic E-state index is 0.479. The largest absolute Gasteiger partial charge is 0.384 e. The fraction of sp³-hybridized carbons (Fsp3) is 0.118. The van der Waals surface area contributed by atoms with Crippen molar-refractivity contribution in [1.82, 2.24) is 24.7 Å². The van der Waals surface area contributed by atoms with Crippen LogP contribution in [-0.4, -0.2) is 24.7 Å². The summed E-state index contributed by atoms with van der Waals surface area (Å²) < 4.78 is 1.92. The molecule has 0 aliphatic carbocycles. The highest BCUT2D eigenvalue weighted by Crippen LogP contribution is 2.28. The highest BCUT2D eigenvalue weighted by atomic mass is 15.1. The molecule has 0 aliphatic rings. The third kappa shape index (κ3) is 2.67. The summed E-state index contributed by atoms with van der Waals surface area (Å²) in [4.78, 5) is 8.77. The van der Waals surface area contributed by atoms with Gasteiger partial charge in [0.15, 0.2) is 0 Å². The average Bonchev–Trinajstić information content (AvgIpc) is 3.23. The van der Waals surface area contributed by atoms with Crippen LogP contribution in [0.5, 0.6) is 0 Å². The van der Waals surface area contributed by atoms with Gasteiger partial charge in [0, 0.05) is 42.1 Å². The molecule has 0 fully saturated rings. The smallest absolute Gasteiger partial charge is 0.126 e. The first kappa shape index (κ1) is 14.3. The summed E-state index contributed by atoms with van der Waals surface area (Å²) in [6.07, 6.45) is 5.49. The lowest BCUT2D eigenvalue weighted by Gasteiger charge is -2.10. The Balaban J connectivity index is 1.70. The van der Waals surface area contributed by atoms with Crippen molar-refractivity contribution >= 4 is 22.4 Å². The molecule has 7 nitrogen and oxygen atoms in total. The molecule has 3 aromatic heterocycles. The second-order valence-corrected chi connectivity index (χ2v) is 5.68. The van der Waals surface area contributed by atoms with Crippen LogP contribution in [0.15, 0.2) is 49.1 Å². The van der Waals surface area contributed by atoms with Crippen LogP contribution in [0, 0.1) is 0 Å². The Labute approximate surface area is 138 Å². The van der Waals surface area contributed by atoms with E-state index in [9.17, 15) is 0 Å². The predicted octanol–water partition coefficient (Wildman–Crippen LogP) is 2.55. The van der Waals surface area contributed by atoms with Crippen LogP contribution in [-0.2, 0) is 13.6 Å². The number of imidazole rings is 1. The lowest BCUT2D eigenvalue weighted by Crippen LogP contribution is -2.02. The molecule has 3 heterocycles. The van der Waals surface area contributed by atoms with Crippen molar-refractivity contribution in [3.8, 4) is 11.3 Å². The van der Waals surface area contributed by atoms with Crippen molar-refractivity contribution in [2.75, 3.05) is 11.1 Å². The summed E-state index contributed by atoms with van der Waals surface area (Å²) in [5, 5.41) is 11.4. The molecule has 0 saturated carbocycles. The van der Waals surface area contributed by atoms with E-state index < -0.39 is 0 Å². The van der Waals surface area contributed by atoms with E-state index in [-0.39, 0.29) is 0 Å². The molecule has 0 unspecified atom stereocenters. The Kier molecular flexibility index (Phi) is 3.38. The minimum Gasteiger partial charge on any atom is -0.384 e. The Morgan fingerprint density at radius 1 is 1.25 bits per heavy atom. The monoisotopic (exact) mass is 319 g/mol. The molecule has 4 rings (SSSR count). The standard InChI is InChI=1S/C17H17N7/c1-24-9-12(20-10-24)8-19-15-7-17(18)22-16-6-11(2-3-13(15)16)14-4-5-21-23-14/h2-7,9-10H,8H2,1H3,(H,21,23)(H3,18,19,22). The number of nitrogen functional groups attached to an aromatic ring is 1. The Morgan fingerprint density at radius 3 is 2.92 bits per heavy atom. The molecular weight excluding hydrogens is 302 g/mol. The van der Waals surface area contributed by atoms with Gasteiger partial charge in [-0.3, -0.25) is 5.10 Å². The van der Waals surface area contributed by atoms with Crippen molar-refractivity contribution < 1.29 is 0 Å². The fourth-order valence-electron chi connectivity index (χ4n) is 2.72. The number of nitrogens with two attached hydrogens (primary N) is 1. The highest BCUT2D eigenvalue weighted by molar-refractivity contribution is 5.95. The number of fused-ring (bicyclic) bond motifs is 1. The van der Waals surface area contributed by atoms with E-state index in [1.54, 1.807) is 12.5 Å². The maximum Gasteiger partial charge on any atom is 0.126 e. The van der Waals surface area contributed by atoms with Gasteiger partial charge < -0.3 is 15.6 Å². The van der Waals surface area contributed by atoms with Gasteiger partial charge in [0.2, 0.25) is 0 Å². The Hall–Kier alpha value is -3.35. The van der Waals surface area contributed by atoms with Crippen molar-refractivity contribution in [3.63, 3.8) is 0 Å². The van der Waals surface area contributed by atoms with E-state index in [0.717, 1.165) is 33.5 Å². The number of anilines is 2. The van der Waals surface area contributed by atoms with Crippen molar-refractivity contribution in [1.29, 1.82) is 0 Å². The molecule has 4 aromatic rings.